The maximum Gasteiger partial charge on any atom is 0.0693 e. The summed E-state index contributed by atoms with van der Waals surface area (Å²) in [5.41, 5.74) is 8.70. The Bertz CT molecular complexity index is 436. The second kappa shape index (κ2) is 4.65. The van der Waals surface area contributed by atoms with Crippen molar-refractivity contribution in [1.82, 2.24) is 0 Å². The van der Waals surface area contributed by atoms with Crippen molar-refractivity contribution < 1.29 is 0 Å². The van der Waals surface area contributed by atoms with Gasteiger partial charge in [0.15, 0.2) is 0 Å². The summed E-state index contributed by atoms with van der Waals surface area (Å²) >= 11 is 0. The lowest BCUT2D eigenvalue weighted by Crippen LogP contribution is -1.96. The van der Waals surface area contributed by atoms with E-state index in [1.807, 2.05) is 13.1 Å². The molecule has 0 radical (unpaired) electrons. The lowest BCUT2D eigenvalue weighted by molar-refractivity contribution is 1.16. The van der Waals surface area contributed by atoms with E-state index in [4.69, 9.17) is 0 Å². The maximum absolute atomic E-state index is 4.54. The zero-order valence-electron chi connectivity index (χ0n) is 11.2. The van der Waals surface area contributed by atoms with Crippen molar-refractivity contribution in [2.75, 3.05) is 0 Å². The molecule has 1 nitrogen and oxygen atoms in total. The van der Waals surface area contributed by atoms with Gasteiger partial charge < -0.3 is 0 Å². The van der Waals surface area contributed by atoms with E-state index >= 15 is 0 Å². The molecule has 1 aromatic rings. The molecule has 1 heteroatoms. The number of aliphatic imine (C=N–C) groups is 1. The SMILES string of the molecule is C=C(C)/C=N\c1c(C)c(C)c(C)c(C)c1C. The number of hydrogen-bond donors (Lipinski definition) is 0. The minimum Gasteiger partial charge on any atom is -0.256 e. The zero-order valence-corrected chi connectivity index (χ0v) is 11.2. The first-order valence-corrected chi connectivity index (χ1v) is 5.62. The minimum absolute atomic E-state index is 0.981. The van der Waals surface area contributed by atoms with E-state index in [0.717, 1.165) is 11.3 Å². The van der Waals surface area contributed by atoms with E-state index in [2.05, 4.69) is 46.2 Å². The molecule has 0 unspecified atom stereocenters. The van der Waals surface area contributed by atoms with Crippen LogP contribution in [0.25, 0.3) is 0 Å². The highest BCUT2D eigenvalue weighted by atomic mass is 14.7. The first kappa shape index (κ1) is 12.7. The highest BCUT2D eigenvalue weighted by Crippen LogP contribution is 2.32. The van der Waals surface area contributed by atoms with E-state index in [1.54, 1.807) is 0 Å². The van der Waals surface area contributed by atoms with Crippen molar-refractivity contribution in [1.29, 1.82) is 0 Å². The molecule has 0 heterocycles. The number of benzene rings is 1. The van der Waals surface area contributed by atoms with E-state index in [0.29, 0.717) is 0 Å². The summed E-state index contributed by atoms with van der Waals surface area (Å²) in [4.78, 5) is 4.54. The van der Waals surface area contributed by atoms with Crippen LogP contribution in [0.2, 0.25) is 0 Å². The third-order valence-electron chi connectivity index (χ3n) is 3.37. The molecule has 0 aliphatic heterocycles. The van der Waals surface area contributed by atoms with Crippen LogP contribution in [-0.2, 0) is 0 Å². The van der Waals surface area contributed by atoms with Gasteiger partial charge in [0.1, 0.15) is 0 Å². The van der Waals surface area contributed by atoms with Gasteiger partial charge in [0.25, 0.3) is 0 Å². The van der Waals surface area contributed by atoms with Gasteiger partial charge in [-0.2, -0.15) is 0 Å². The second-order valence-corrected chi connectivity index (χ2v) is 4.58. The third-order valence-corrected chi connectivity index (χ3v) is 3.37. The Morgan fingerprint density at radius 2 is 1.25 bits per heavy atom. The molecule has 0 atom stereocenters. The van der Waals surface area contributed by atoms with Crippen LogP contribution >= 0.6 is 0 Å². The van der Waals surface area contributed by atoms with Crippen molar-refractivity contribution in [2.24, 2.45) is 4.99 Å². The summed E-state index contributed by atoms with van der Waals surface area (Å²) in [7, 11) is 0. The van der Waals surface area contributed by atoms with Crippen LogP contribution in [0.3, 0.4) is 0 Å². The molecule has 0 saturated heterocycles. The first-order chi connectivity index (χ1) is 7.36. The van der Waals surface area contributed by atoms with Crippen molar-refractivity contribution in [3.8, 4) is 0 Å². The van der Waals surface area contributed by atoms with Gasteiger partial charge in [0.05, 0.1) is 5.69 Å². The average Bonchev–Trinajstić information content (AvgIpc) is 2.23. The van der Waals surface area contributed by atoms with Crippen LogP contribution in [0.15, 0.2) is 17.1 Å². The van der Waals surface area contributed by atoms with Crippen molar-refractivity contribution in [3.63, 3.8) is 0 Å². The Morgan fingerprint density at radius 3 is 1.62 bits per heavy atom. The molecule has 86 valence electrons. The number of allylic oxidation sites excluding steroid dienone is 1. The smallest absolute Gasteiger partial charge is 0.0693 e. The quantitative estimate of drug-likeness (QED) is 0.644. The molecular weight excluding hydrogens is 194 g/mol. The normalized spacial score (nSPS) is 11.1. The molecule has 1 rings (SSSR count). The van der Waals surface area contributed by atoms with Crippen LogP contribution < -0.4 is 0 Å². The summed E-state index contributed by atoms with van der Waals surface area (Å²) in [6, 6.07) is 0. The Morgan fingerprint density at radius 1 is 0.875 bits per heavy atom. The fourth-order valence-electron chi connectivity index (χ4n) is 1.85. The minimum atomic E-state index is 0.981. The molecule has 16 heavy (non-hydrogen) atoms. The number of nitrogens with zero attached hydrogens (tertiary/aromatic N) is 1. The standard InChI is InChI=1S/C15H21N/c1-9(2)8-16-15-13(6)11(4)10(3)12(5)14(15)7/h8H,1H2,2-7H3/b16-8-. The van der Waals surface area contributed by atoms with E-state index in [9.17, 15) is 0 Å². The van der Waals surface area contributed by atoms with Gasteiger partial charge >= 0.3 is 0 Å². The summed E-state index contributed by atoms with van der Waals surface area (Å²) in [6.07, 6.45) is 1.84. The highest BCUT2D eigenvalue weighted by molar-refractivity contribution is 5.81. The molecule has 0 saturated carbocycles. The molecule has 0 bridgehead atoms. The molecule has 0 aromatic heterocycles. The lowest BCUT2D eigenvalue weighted by Gasteiger charge is -2.15. The Kier molecular flexibility index (Phi) is 3.69. The monoisotopic (exact) mass is 215 g/mol. The van der Waals surface area contributed by atoms with Gasteiger partial charge in [0, 0.05) is 6.21 Å². The van der Waals surface area contributed by atoms with Gasteiger partial charge in [-0.25, -0.2) is 0 Å². The molecule has 0 spiro atoms. The molecular formula is C15H21N. The predicted molar refractivity (Wildman–Crippen MR) is 73.1 cm³/mol. The topological polar surface area (TPSA) is 12.4 Å². The van der Waals surface area contributed by atoms with Gasteiger partial charge in [-0.05, 0) is 74.9 Å². The predicted octanol–water partition coefficient (Wildman–Crippen LogP) is 4.51. The summed E-state index contributed by atoms with van der Waals surface area (Å²) in [5.74, 6) is 0. The van der Waals surface area contributed by atoms with Gasteiger partial charge in [-0.3, -0.25) is 4.99 Å². The second-order valence-electron chi connectivity index (χ2n) is 4.58. The van der Waals surface area contributed by atoms with Crippen molar-refractivity contribution in [3.05, 3.63) is 40.0 Å². The fourth-order valence-corrected chi connectivity index (χ4v) is 1.85. The van der Waals surface area contributed by atoms with E-state index in [-0.39, 0.29) is 0 Å². The largest absolute Gasteiger partial charge is 0.256 e. The van der Waals surface area contributed by atoms with Crippen molar-refractivity contribution in [2.45, 2.75) is 41.5 Å². The summed E-state index contributed by atoms with van der Waals surface area (Å²) < 4.78 is 0. The molecule has 0 amide bonds. The zero-order chi connectivity index (χ0) is 12.5. The van der Waals surface area contributed by atoms with Gasteiger partial charge in [-0.1, -0.05) is 6.58 Å². The maximum atomic E-state index is 4.54. The van der Waals surface area contributed by atoms with Crippen LogP contribution in [0.5, 0.6) is 0 Å². The van der Waals surface area contributed by atoms with Gasteiger partial charge in [-0.15, -0.1) is 0 Å². The van der Waals surface area contributed by atoms with Crippen LogP contribution in [0, 0.1) is 34.6 Å². The molecule has 0 fully saturated rings. The number of rotatable bonds is 2. The molecule has 0 aliphatic carbocycles. The molecule has 1 aromatic carbocycles. The average molecular weight is 215 g/mol. The first-order valence-electron chi connectivity index (χ1n) is 5.62. The Hall–Kier alpha value is -1.37. The Balaban J connectivity index is 3.45. The van der Waals surface area contributed by atoms with Crippen LogP contribution in [0.1, 0.15) is 34.7 Å². The highest BCUT2D eigenvalue weighted by Gasteiger charge is 2.10. The van der Waals surface area contributed by atoms with Crippen LogP contribution in [0.4, 0.5) is 5.69 Å². The molecule has 0 N–H and O–H groups in total. The Labute approximate surface area is 98.9 Å². The summed E-state index contributed by atoms with van der Waals surface area (Å²) in [5, 5.41) is 0. The van der Waals surface area contributed by atoms with E-state index < -0.39 is 0 Å². The van der Waals surface area contributed by atoms with Crippen molar-refractivity contribution >= 4 is 11.9 Å². The summed E-state index contributed by atoms with van der Waals surface area (Å²) in [6.45, 7) is 16.6. The lowest BCUT2D eigenvalue weighted by atomic mass is 9.93. The van der Waals surface area contributed by atoms with Crippen LogP contribution in [-0.4, -0.2) is 6.21 Å². The number of hydrogen-bond acceptors (Lipinski definition) is 1. The van der Waals surface area contributed by atoms with E-state index in [1.165, 1.54) is 27.8 Å². The third kappa shape index (κ3) is 2.24. The van der Waals surface area contributed by atoms with Gasteiger partial charge in [0.2, 0.25) is 0 Å². The fraction of sp³-hybridized carbons (Fsp3) is 0.400. The molecule has 0 aliphatic rings.